The third kappa shape index (κ3) is 4.53. The van der Waals surface area contributed by atoms with Gasteiger partial charge < -0.3 is 15.0 Å². The summed E-state index contributed by atoms with van der Waals surface area (Å²) in [7, 11) is 0. The van der Waals surface area contributed by atoms with Crippen LogP contribution in [0.5, 0.6) is 0 Å². The van der Waals surface area contributed by atoms with Crippen molar-refractivity contribution in [3.8, 4) is 0 Å². The zero-order chi connectivity index (χ0) is 16.1. The fourth-order valence-electron chi connectivity index (χ4n) is 2.39. The number of pyridine rings is 1. The summed E-state index contributed by atoms with van der Waals surface area (Å²) in [4.78, 5) is 29.8. The van der Waals surface area contributed by atoms with Crippen LogP contribution >= 0.6 is 0 Å². The Labute approximate surface area is 130 Å². The molecular formula is C16H23N3O3. The molecule has 1 aliphatic heterocycles. The molecule has 0 spiro atoms. The molecule has 22 heavy (non-hydrogen) atoms. The number of amides is 2. The minimum atomic E-state index is -0.223. The largest absolute Gasteiger partial charge is 0.365 e. The highest BCUT2D eigenvalue weighted by Crippen LogP contribution is 2.09. The molecular weight excluding hydrogens is 282 g/mol. The lowest BCUT2D eigenvalue weighted by molar-refractivity contribution is -0.149. The number of hydrogen-bond acceptors (Lipinski definition) is 4. The van der Waals surface area contributed by atoms with Crippen LogP contribution in [0.15, 0.2) is 18.2 Å². The predicted octanol–water partition coefficient (Wildman–Crippen LogP) is 1.00. The Balaban J connectivity index is 1.86. The van der Waals surface area contributed by atoms with Crippen molar-refractivity contribution < 1.29 is 14.3 Å². The number of rotatable bonds is 5. The van der Waals surface area contributed by atoms with Crippen molar-refractivity contribution in [2.75, 3.05) is 26.2 Å². The van der Waals surface area contributed by atoms with E-state index in [2.05, 4.69) is 24.1 Å². The molecule has 1 fully saturated rings. The molecule has 1 atom stereocenters. The van der Waals surface area contributed by atoms with E-state index in [9.17, 15) is 9.59 Å². The van der Waals surface area contributed by atoms with Crippen LogP contribution in [0.25, 0.3) is 0 Å². The van der Waals surface area contributed by atoms with Gasteiger partial charge in [0, 0.05) is 25.3 Å². The van der Waals surface area contributed by atoms with E-state index < -0.39 is 0 Å². The van der Waals surface area contributed by atoms with Crippen molar-refractivity contribution in [3.05, 3.63) is 29.6 Å². The lowest BCUT2D eigenvalue weighted by Gasteiger charge is -2.33. The molecule has 1 saturated heterocycles. The first-order valence-electron chi connectivity index (χ1n) is 7.57. The van der Waals surface area contributed by atoms with Gasteiger partial charge in [-0.2, -0.15) is 0 Å². The van der Waals surface area contributed by atoms with Crippen LogP contribution in [0, 0.1) is 12.8 Å². The van der Waals surface area contributed by atoms with Gasteiger partial charge in [-0.25, -0.2) is 4.98 Å². The van der Waals surface area contributed by atoms with Crippen LogP contribution in [0.4, 0.5) is 0 Å². The third-order valence-electron chi connectivity index (χ3n) is 3.42. The Morgan fingerprint density at radius 3 is 2.95 bits per heavy atom. The highest BCUT2D eigenvalue weighted by molar-refractivity contribution is 5.92. The number of carbonyl (C=O) groups is 2. The lowest BCUT2D eigenvalue weighted by Crippen LogP contribution is -2.51. The fourth-order valence-corrected chi connectivity index (χ4v) is 2.39. The van der Waals surface area contributed by atoms with Gasteiger partial charge in [0.05, 0.1) is 6.10 Å². The van der Waals surface area contributed by atoms with Crippen LogP contribution in [0.1, 0.15) is 30.0 Å². The molecule has 1 unspecified atom stereocenters. The number of nitrogens with one attached hydrogen (secondary N) is 1. The summed E-state index contributed by atoms with van der Waals surface area (Å²) in [5, 5.41) is 2.82. The summed E-state index contributed by atoms with van der Waals surface area (Å²) in [6.45, 7) is 7.67. The Kier molecular flexibility index (Phi) is 5.49. The number of carbonyl (C=O) groups excluding carboxylic acids is 2. The molecule has 1 aromatic heterocycles. The van der Waals surface area contributed by atoms with E-state index in [1.165, 1.54) is 0 Å². The monoisotopic (exact) mass is 305 g/mol. The van der Waals surface area contributed by atoms with Gasteiger partial charge in [-0.1, -0.05) is 19.9 Å². The SMILES string of the molecule is Cc1cccc(C(=O)NCC2CN(CC(C)C)C(=O)CO2)n1. The topological polar surface area (TPSA) is 71.5 Å². The smallest absolute Gasteiger partial charge is 0.269 e. The van der Waals surface area contributed by atoms with E-state index in [-0.39, 0.29) is 24.5 Å². The molecule has 0 aliphatic carbocycles. The van der Waals surface area contributed by atoms with Crippen molar-refractivity contribution in [2.45, 2.75) is 26.9 Å². The van der Waals surface area contributed by atoms with Gasteiger partial charge >= 0.3 is 0 Å². The maximum atomic E-state index is 12.1. The molecule has 2 heterocycles. The second kappa shape index (κ2) is 7.35. The van der Waals surface area contributed by atoms with Crippen LogP contribution in [0.3, 0.4) is 0 Å². The zero-order valence-electron chi connectivity index (χ0n) is 13.3. The highest BCUT2D eigenvalue weighted by atomic mass is 16.5. The number of morpholine rings is 1. The summed E-state index contributed by atoms with van der Waals surface area (Å²) in [5.41, 5.74) is 1.20. The molecule has 1 N–H and O–H groups in total. The molecule has 2 rings (SSSR count). The molecule has 2 amide bonds. The van der Waals surface area contributed by atoms with Crippen molar-refractivity contribution in [1.29, 1.82) is 0 Å². The van der Waals surface area contributed by atoms with Gasteiger partial charge in [0.15, 0.2) is 0 Å². The molecule has 0 radical (unpaired) electrons. The lowest BCUT2D eigenvalue weighted by atomic mass is 10.1. The normalized spacial score (nSPS) is 18.6. The number of ether oxygens (including phenoxy) is 1. The number of aryl methyl sites for hydroxylation is 1. The minimum Gasteiger partial charge on any atom is -0.365 e. The second-order valence-electron chi connectivity index (χ2n) is 6.00. The molecule has 1 aromatic rings. The van der Waals surface area contributed by atoms with Crippen LogP contribution in [-0.2, 0) is 9.53 Å². The van der Waals surface area contributed by atoms with E-state index >= 15 is 0 Å². The first-order valence-corrected chi connectivity index (χ1v) is 7.57. The van der Waals surface area contributed by atoms with E-state index in [1.54, 1.807) is 17.0 Å². The van der Waals surface area contributed by atoms with Gasteiger partial charge in [0.2, 0.25) is 5.91 Å². The average molecular weight is 305 g/mol. The summed E-state index contributed by atoms with van der Waals surface area (Å²) in [6.07, 6.45) is -0.176. The quantitative estimate of drug-likeness (QED) is 0.881. The van der Waals surface area contributed by atoms with Crippen LogP contribution < -0.4 is 5.32 Å². The summed E-state index contributed by atoms with van der Waals surface area (Å²) < 4.78 is 5.49. The van der Waals surface area contributed by atoms with Gasteiger partial charge in [-0.15, -0.1) is 0 Å². The van der Waals surface area contributed by atoms with Gasteiger partial charge in [0.25, 0.3) is 5.91 Å². The van der Waals surface area contributed by atoms with Gasteiger partial charge in [-0.3, -0.25) is 9.59 Å². The number of nitrogens with zero attached hydrogens (tertiary/aromatic N) is 2. The van der Waals surface area contributed by atoms with Crippen molar-refractivity contribution in [3.63, 3.8) is 0 Å². The summed E-state index contributed by atoms with van der Waals surface area (Å²) >= 11 is 0. The molecule has 120 valence electrons. The average Bonchev–Trinajstić information content (AvgIpc) is 2.47. The van der Waals surface area contributed by atoms with Crippen LogP contribution in [-0.4, -0.2) is 54.0 Å². The molecule has 1 aliphatic rings. The summed E-state index contributed by atoms with van der Waals surface area (Å²) in [6, 6.07) is 5.33. The highest BCUT2D eigenvalue weighted by Gasteiger charge is 2.27. The molecule has 6 nitrogen and oxygen atoms in total. The van der Waals surface area contributed by atoms with E-state index in [0.717, 1.165) is 5.69 Å². The van der Waals surface area contributed by atoms with Crippen LogP contribution in [0.2, 0.25) is 0 Å². The Morgan fingerprint density at radius 1 is 1.50 bits per heavy atom. The molecule has 0 aromatic carbocycles. The maximum absolute atomic E-state index is 12.1. The van der Waals surface area contributed by atoms with Gasteiger partial charge in [-0.05, 0) is 25.0 Å². The number of aromatic nitrogens is 1. The first-order chi connectivity index (χ1) is 10.5. The van der Waals surface area contributed by atoms with Crippen molar-refractivity contribution in [1.82, 2.24) is 15.2 Å². The van der Waals surface area contributed by atoms with Crippen molar-refractivity contribution in [2.24, 2.45) is 5.92 Å². The third-order valence-corrected chi connectivity index (χ3v) is 3.42. The molecule has 0 bridgehead atoms. The second-order valence-corrected chi connectivity index (χ2v) is 6.00. The van der Waals surface area contributed by atoms with E-state index in [1.807, 2.05) is 13.0 Å². The van der Waals surface area contributed by atoms with Crippen molar-refractivity contribution >= 4 is 11.8 Å². The Morgan fingerprint density at radius 2 is 2.27 bits per heavy atom. The zero-order valence-corrected chi connectivity index (χ0v) is 13.3. The van der Waals surface area contributed by atoms with E-state index in [0.29, 0.717) is 31.2 Å². The number of hydrogen-bond donors (Lipinski definition) is 1. The molecule has 6 heteroatoms. The maximum Gasteiger partial charge on any atom is 0.269 e. The molecule has 0 saturated carbocycles. The standard InChI is InChI=1S/C16H23N3O3/c1-11(2)8-19-9-13(22-10-15(19)20)7-17-16(21)14-6-4-5-12(3)18-14/h4-6,11,13H,7-10H2,1-3H3,(H,17,21). The van der Waals surface area contributed by atoms with Gasteiger partial charge in [0.1, 0.15) is 12.3 Å². The first kappa shape index (κ1) is 16.4. The predicted molar refractivity (Wildman–Crippen MR) is 82.5 cm³/mol. The Hall–Kier alpha value is -1.95. The Bertz CT molecular complexity index is 545. The van der Waals surface area contributed by atoms with E-state index in [4.69, 9.17) is 4.74 Å². The fraction of sp³-hybridized carbons (Fsp3) is 0.562. The summed E-state index contributed by atoms with van der Waals surface area (Å²) in [5.74, 6) is 0.199. The minimum absolute atomic E-state index is 0.0108.